The summed E-state index contributed by atoms with van der Waals surface area (Å²) in [4.78, 5) is 24.2. The molecule has 2 N–H and O–H groups in total. The number of nitro groups is 1. The maximum absolute atomic E-state index is 12.8. The molecule has 9 heteroatoms. The van der Waals surface area contributed by atoms with Crippen LogP contribution in [-0.2, 0) is 11.3 Å². The number of methoxy groups -OCH3 is 3. The highest BCUT2D eigenvalue weighted by molar-refractivity contribution is 5.95. The predicted octanol–water partition coefficient (Wildman–Crippen LogP) is 1.66. The van der Waals surface area contributed by atoms with E-state index in [0.29, 0.717) is 23.8 Å². The van der Waals surface area contributed by atoms with Crippen LogP contribution < -0.4 is 24.4 Å². The van der Waals surface area contributed by atoms with Gasteiger partial charge in [0.25, 0.3) is 11.6 Å². The normalized spacial score (nSPS) is 12.6. The lowest BCUT2D eigenvalue weighted by atomic mass is 10.1. The van der Waals surface area contributed by atoms with Crippen molar-refractivity contribution in [3.05, 3.63) is 52.1 Å². The molecule has 0 saturated carbocycles. The SMILES string of the molecule is COc1ccc([N+](=O)[O-])cc1NC(=O)[C@@H](C)[NH+](C)Cc1cccc(OC)c1OC. The molecular weight excluding hydrogens is 378 g/mol. The highest BCUT2D eigenvalue weighted by atomic mass is 16.6. The number of carbonyl (C=O) groups is 1. The van der Waals surface area contributed by atoms with Gasteiger partial charge in [-0.1, -0.05) is 6.07 Å². The van der Waals surface area contributed by atoms with Gasteiger partial charge >= 0.3 is 0 Å². The summed E-state index contributed by atoms with van der Waals surface area (Å²) in [5.74, 6) is 1.31. The summed E-state index contributed by atoms with van der Waals surface area (Å²) in [6.45, 7) is 2.29. The first-order chi connectivity index (χ1) is 13.8. The number of carbonyl (C=O) groups excluding carboxylic acids is 1. The zero-order chi connectivity index (χ0) is 21.6. The summed E-state index contributed by atoms with van der Waals surface area (Å²) in [6, 6.07) is 9.20. The summed E-state index contributed by atoms with van der Waals surface area (Å²) >= 11 is 0. The Hall–Kier alpha value is -3.33. The van der Waals surface area contributed by atoms with E-state index in [9.17, 15) is 14.9 Å². The average Bonchev–Trinajstić information content (AvgIpc) is 2.72. The minimum atomic E-state index is -0.523. The van der Waals surface area contributed by atoms with Crippen molar-refractivity contribution in [2.45, 2.75) is 19.5 Å². The van der Waals surface area contributed by atoms with Gasteiger partial charge in [0.05, 0.1) is 44.6 Å². The number of para-hydroxylation sites is 1. The second kappa shape index (κ2) is 9.74. The number of rotatable bonds is 9. The quantitative estimate of drug-likeness (QED) is 0.487. The number of non-ortho nitro benzene ring substituents is 1. The monoisotopic (exact) mass is 404 g/mol. The standard InChI is InChI=1S/C20H25N3O6/c1-13(22(2)12-14-7-6-8-18(28-4)19(14)29-5)20(24)21-16-11-15(23(25)26)9-10-17(16)27-3/h6-11,13H,12H2,1-5H3,(H,21,24)/p+1/t13-/m1/s1. The van der Waals surface area contributed by atoms with Gasteiger partial charge in [0.15, 0.2) is 17.5 Å². The van der Waals surface area contributed by atoms with E-state index in [1.165, 1.54) is 25.3 Å². The van der Waals surface area contributed by atoms with Gasteiger partial charge in [-0.05, 0) is 25.1 Å². The largest absolute Gasteiger partial charge is 0.495 e. The van der Waals surface area contributed by atoms with Crippen LogP contribution in [0.5, 0.6) is 17.2 Å². The van der Waals surface area contributed by atoms with E-state index < -0.39 is 11.0 Å². The molecule has 29 heavy (non-hydrogen) atoms. The summed E-state index contributed by atoms with van der Waals surface area (Å²) in [5, 5.41) is 13.8. The van der Waals surface area contributed by atoms with Gasteiger partial charge in [-0.15, -0.1) is 0 Å². The molecule has 9 nitrogen and oxygen atoms in total. The van der Waals surface area contributed by atoms with Crippen LogP contribution in [0.4, 0.5) is 11.4 Å². The number of anilines is 1. The van der Waals surface area contributed by atoms with Crippen LogP contribution in [0.15, 0.2) is 36.4 Å². The Morgan fingerprint density at radius 2 is 1.83 bits per heavy atom. The average molecular weight is 404 g/mol. The van der Waals surface area contributed by atoms with Crippen molar-refractivity contribution in [1.29, 1.82) is 0 Å². The molecule has 0 aliphatic heterocycles. The van der Waals surface area contributed by atoms with Gasteiger partial charge in [-0.3, -0.25) is 14.9 Å². The van der Waals surface area contributed by atoms with Crippen LogP contribution in [0.1, 0.15) is 12.5 Å². The first kappa shape index (κ1) is 22.0. The molecule has 0 bridgehead atoms. The van der Waals surface area contributed by atoms with Gasteiger partial charge in [0, 0.05) is 12.1 Å². The van der Waals surface area contributed by atoms with Gasteiger partial charge in [-0.2, -0.15) is 0 Å². The molecule has 0 spiro atoms. The second-order valence-electron chi connectivity index (χ2n) is 6.53. The molecule has 2 aromatic carbocycles. The maximum Gasteiger partial charge on any atom is 0.282 e. The molecule has 2 aromatic rings. The number of hydrogen-bond acceptors (Lipinski definition) is 6. The number of nitrogens with one attached hydrogen (secondary N) is 2. The van der Waals surface area contributed by atoms with Crippen LogP contribution in [0, 0.1) is 10.1 Å². The lowest BCUT2D eigenvalue weighted by molar-refractivity contribution is -0.907. The number of likely N-dealkylation sites (N-methyl/N-ethyl adjacent to an activating group) is 1. The summed E-state index contributed by atoms with van der Waals surface area (Å²) in [7, 11) is 6.46. The van der Waals surface area contributed by atoms with Crippen molar-refractivity contribution in [2.24, 2.45) is 0 Å². The maximum atomic E-state index is 12.8. The second-order valence-corrected chi connectivity index (χ2v) is 6.53. The fraction of sp³-hybridized carbons (Fsp3) is 0.350. The van der Waals surface area contributed by atoms with E-state index in [-0.39, 0.29) is 17.3 Å². The van der Waals surface area contributed by atoms with E-state index in [1.807, 2.05) is 25.2 Å². The number of nitro benzene ring substituents is 1. The molecule has 0 aliphatic carbocycles. The number of amides is 1. The Bertz CT molecular complexity index is 887. The third kappa shape index (κ3) is 5.14. The molecular formula is C20H26N3O6+. The fourth-order valence-corrected chi connectivity index (χ4v) is 2.92. The Labute approximate surface area is 169 Å². The van der Waals surface area contributed by atoms with Crippen LogP contribution in [0.25, 0.3) is 0 Å². The Morgan fingerprint density at radius 1 is 1.14 bits per heavy atom. The molecule has 0 fully saturated rings. The number of hydrogen-bond donors (Lipinski definition) is 2. The molecule has 1 unspecified atom stereocenters. The van der Waals surface area contributed by atoms with Crippen molar-refractivity contribution >= 4 is 17.3 Å². The third-order valence-electron chi connectivity index (χ3n) is 4.74. The van der Waals surface area contributed by atoms with Crippen molar-refractivity contribution in [1.82, 2.24) is 0 Å². The van der Waals surface area contributed by atoms with Gasteiger partial charge < -0.3 is 24.4 Å². The fourth-order valence-electron chi connectivity index (χ4n) is 2.92. The summed E-state index contributed by atoms with van der Waals surface area (Å²) in [6.07, 6.45) is 0. The minimum Gasteiger partial charge on any atom is -0.495 e. The van der Waals surface area contributed by atoms with Crippen LogP contribution in [0.3, 0.4) is 0 Å². The highest BCUT2D eigenvalue weighted by Gasteiger charge is 2.25. The molecule has 0 aromatic heterocycles. The zero-order valence-electron chi connectivity index (χ0n) is 17.1. The van der Waals surface area contributed by atoms with E-state index in [0.717, 1.165) is 10.5 Å². The topological polar surface area (TPSA) is 104 Å². The Morgan fingerprint density at radius 3 is 2.41 bits per heavy atom. The van der Waals surface area contributed by atoms with Crippen LogP contribution >= 0.6 is 0 Å². The van der Waals surface area contributed by atoms with E-state index in [4.69, 9.17) is 14.2 Å². The van der Waals surface area contributed by atoms with Gasteiger partial charge in [-0.25, -0.2) is 0 Å². The predicted molar refractivity (Wildman–Crippen MR) is 108 cm³/mol. The Balaban J connectivity index is 2.17. The van der Waals surface area contributed by atoms with Crippen molar-refractivity contribution in [2.75, 3.05) is 33.7 Å². The zero-order valence-corrected chi connectivity index (χ0v) is 17.1. The van der Waals surface area contributed by atoms with E-state index in [2.05, 4.69) is 5.32 Å². The third-order valence-corrected chi connectivity index (χ3v) is 4.74. The van der Waals surface area contributed by atoms with Gasteiger partial charge in [0.2, 0.25) is 0 Å². The summed E-state index contributed by atoms with van der Waals surface area (Å²) in [5.41, 5.74) is 1.03. The van der Waals surface area contributed by atoms with Crippen molar-refractivity contribution in [3.8, 4) is 17.2 Å². The molecule has 0 heterocycles. The van der Waals surface area contributed by atoms with E-state index >= 15 is 0 Å². The molecule has 156 valence electrons. The molecule has 0 radical (unpaired) electrons. The smallest absolute Gasteiger partial charge is 0.282 e. The number of ether oxygens (including phenoxy) is 3. The lowest BCUT2D eigenvalue weighted by Gasteiger charge is -2.23. The Kier molecular flexibility index (Phi) is 7.38. The number of quaternary nitrogens is 1. The molecule has 0 saturated heterocycles. The summed E-state index contributed by atoms with van der Waals surface area (Å²) < 4.78 is 16.0. The molecule has 1 amide bonds. The highest BCUT2D eigenvalue weighted by Crippen LogP contribution is 2.30. The number of nitrogens with zero attached hydrogens (tertiary/aromatic N) is 1. The lowest BCUT2D eigenvalue weighted by Crippen LogP contribution is -3.12. The molecule has 2 atom stereocenters. The van der Waals surface area contributed by atoms with Crippen LogP contribution in [-0.4, -0.2) is 45.2 Å². The first-order valence-corrected chi connectivity index (χ1v) is 8.97. The first-order valence-electron chi connectivity index (χ1n) is 8.97. The number of benzene rings is 2. The van der Waals surface area contributed by atoms with Crippen molar-refractivity contribution < 1.29 is 28.8 Å². The van der Waals surface area contributed by atoms with Gasteiger partial charge in [0.1, 0.15) is 12.3 Å². The molecule has 0 aliphatic rings. The van der Waals surface area contributed by atoms with E-state index in [1.54, 1.807) is 21.1 Å². The van der Waals surface area contributed by atoms with Crippen molar-refractivity contribution in [3.63, 3.8) is 0 Å². The van der Waals surface area contributed by atoms with Crippen LogP contribution in [0.2, 0.25) is 0 Å². The molecule has 2 rings (SSSR count). The minimum absolute atomic E-state index is 0.129.